The van der Waals surface area contributed by atoms with Gasteiger partial charge in [-0.25, -0.2) is 0 Å². The van der Waals surface area contributed by atoms with Crippen LogP contribution in [0.25, 0.3) is 0 Å². The van der Waals surface area contributed by atoms with Crippen molar-refractivity contribution in [2.45, 2.75) is 46.1 Å². The summed E-state index contributed by atoms with van der Waals surface area (Å²) in [6.07, 6.45) is 9.47. The third-order valence-corrected chi connectivity index (χ3v) is 3.77. The van der Waals surface area contributed by atoms with Crippen LogP contribution in [0.3, 0.4) is 0 Å². The molecule has 0 aromatic rings. The first-order chi connectivity index (χ1) is 8.10. The molecule has 0 aliphatic heterocycles. The molecule has 17 heavy (non-hydrogen) atoms. The fourth-order valence-electron chi connectivity index (χ4n) is 2.87. The average Bonchev–Trinajstić information content (AvgIpc) is 2.29. The van der Waals surface area contributed by atoms with E-state index >= 15 is 0 Å². The van der Waals surface area contributed by atoms with Crippen molar-refractivity contribution in [3.05, 3.63) is 23.8 Å². The lowest BCUT2D eigenvalue weighted by Crippen LogP contribution is -2.34. The zero-order chi connectivity index (χ0) is 12.4. The zero-order valence-electron chi connectivity index (χ0n) is 11.0. The van der Waals surface area contributed by atoms with Crippen LogP contribution in [-0.4, -0.2) is 12.1 Å². The molecule has 2 rings (SSSR count). The van der Waals surface area contributed by atoms with Crippen molar-refractivity contribution in [3.8, 4) is 0 Å². The van der Waals surface area contributed by atoms with Gasteiger partial charge >= 0.3 is 5.97 Å². The average molecular weight is 234 g/mol. The first kappa shape index (κ1) is 12.4. The number of carbonyl (C=O) groups is 1. The topological polar surface area (TPSA) is 26.3 Å². The molecule has 0 bridgehead atoms. The number of hydrogen-bond donors (Lipinski definition) is 0. The van der Waals surface area contributed by atoms with Crippen LogP contribution < -0.4 is 0 Å². The summed E-state index contributed by atoms with van der Waals surface area (Å²) >= 11 is 0. The lowest BCUT2D eigenvalue weighted by atomic mass is 9.73. The minimum absolute atomic E-state index is 0.0642. The summed E-state index contributed by atoms with van der Waals surface area (Å²) in [7, 11) is 0. The Balaban J connectivity index is 2.15. The molecule has 0 spiro atoms. The molecule has 0 N–H and O–H groups in total. The number of allylic oxidation sites excluding steroid dienone is 3. The Hall–Kier alpha value is -1.05. The molecule has 0 aromatic carbocycles. The molecular weight excluding hydrogens is 212 g/mol. The van der Waals surface area contributed by atoms with Crippen molar-refractivity contribution in [3.63, 3.8) is 0 Å². The van der Waals surface area contributed by atoms with Gasteiger partial charge in [0.1, 0.15) is 6.10 Å². The first-order valence-electron chi connectivity index (χ1n) is 6.69. The standard InChI is InChI=1S/C15H22O2/c1-4-15(16)17-14-9-11(3)7-12-6-5-10(2)8-13(12)14/h5-7,10-11,13-14H,4,8-9H2,1-3H3. The highest BCUT2D eigenvalue weighted by atomic mass is 16.5. The number of esters is 1. The van der Waals surface area contributed by atoms with Crippen LogP contribution in [0.5, 0.6) is 0 Å². The van der Waals surface area contributed by atoms with E-state index in [1.807, 2.05) is 6.92 Å². The van der Waals surface area contributed by atoms with Gasteiger partial charge in [0, 0.05) is 12.3 Å². The molecule has 2 aliphatic carbocycles. The van der Waals surface area contributed by atoms with Crippen LogP contribution in [0, 0.1) is 17.8 Å². The van der Waals surface area contributed by atoms with Crippen molar-refractivity contribution in [1.29, 1.82) is 0 Å². The molecule has 2 nitrogen and oxygen atoms in total. The number of carbonyl (C=O) groups excluding carboxylic acids is 1. The summed E-state index contributed by atoms with van der Waals surface area (Å²) in [5, 5.41) is 0. The van der Waals surface area contributed by atoms with Gasteiger partial charge < -0.3 is 4.74 Å². The normalized spacial score (nSPS) is 36.1. The Kier molecular flexibility index (Phi) is 3.70. The molecule has 4 unspecified atom stereocenters. The van der Waals surface area contributed by atoms with Crippen molar-refractivity contribution < 1.29 is 9.53 Å². The van der Waals surface area contributed by atoms with E-state index in [1.165, 1.54) is 5.57 Å². The molecule has 94 valence electrons. The molecule has 2 heteroatoms. The third-order valence-electron chi connectivity index (χ3n) is 3.77. The summed E-state index contributed by atoms with van der Waals surface area (Å²) in [4.78, 5) is 11.5. The van der Waals surface area contributed by atoms with E-state index in [0.29, 0.717) is 24.2 Å². The van der Waals surface area contributed by atoms with Crippen molar-refractivity contribution in [1.82, 2.24) is 0 Å². The summed E-state index contributed by atoms with van der Waals surface area (Å²) < 4.78 is 5.62. The number of fused-ring (bicyclic) bond motifs is 1. The Morgan fingerprint density at radius 3 is 2.82 bits per heavy atom. The molecule has 4 atom stereocenters. The van der Waals surface area contributed by atoms with E-state index in [-0.39, 0.29) is 12.1 Å². The molecule has 0 fully saturated rings. The quantitative estimate of drug-likeness (QED) is 0.684. The van der Waals surface area contributed by atoms with Crippen LogP contribution in [0.2, 0.25) is 0 Å². The van der Waals surface area contributed by atoms with E-state index in [4.69, 9.17) is 4.74 Å². The number of rotatable bonds is 2. The minimum atomic E-state index is -0.0642. The van der Waals surface area contributed by atoms with Gasteiger partial charge in [0.15, 0.2) is 0 Å². The molecule has 0 amide bonds. The van der Waals surface area contributed by atoms with E-state index in [1.54, 1.807) is 0 Å². The maximum atomic E-state index is 11.5. The second-order valence-corrected chi connectivity index (χ2v) is 5.44. The summed E-state index contributed by atoms with van der Waals surface area (Å²) in [6, 6.07) is 0. The first-order valence-corrected chi connectivity index (χ1v) is 6.69. The summed E-state index contributed by atoms with van der Waals surface area (Å²) in [5.41, 5.74) is 1.37. The summed E-state index contributed by atoms with van der Waals surface area (Å²) in [5.74, 6) is 1.45. The lowest BCUT2D eigenvalue weighted by molar-refractivity contribution is -0.152. The highest BCUT2D eigenvalue weighted by molar-refractivity contribution is 5.69. The van der Waals surface area contributed by atoms with Gasteiger partial charge in [-0.2, -0.15) is 0 Å². The highest BCUT2D eigenvalue weighted by Gasteiger charge is 2.34. The zero-order valence-corrected chi connectivity index (χ0v) is 11.0. The van der Waals surface area contributed by atoms with Gasteiger partial charge in [-0.1, -0.05) is 39.0 Å². The molecule has 0 aromatic heterocycles. The Morgan fingerprint density at radius 1 is 1.35 bits per heavy atom. The van der Waals surface area contributed by atoms with Gasteiger partial charge in [-0.05, 0) is 30.3 Å². The predicted molar refractivity (Wildman–Crippen MR) is 68.4 cm³/mol. The van der Waals surface area contributed by atoms with E-state index in [9.17, 15) is 4.79 Å². The molecular formula is C15H22O2. The Morgan fingerprint density at radius 2 is 2.12 bits per heavy atom. The van der Waals surface area contributed by atoms with Crippen molar-refractivity contribution in [2.24, 2.45) is 17.8 Å². The van der Waals surface area contributed by atoms with Crippen molar-refractivity contribution in [2.75, 3.05) is 0 Å². The van der Waals surface area contributed by atoms with E-state index < -0.39 is 0 Å². The molecule has 0 radical (unpaired) electrons. The smallest absolute Gasteiger partial charge is 0.305 e. The monoisotopic (exact) mass is 234 g/mol. The SMILES string of the molecule is CCC(=O)OC1CC(C)C=C2C=CC(C)CC21. The highest BCUT2D eigenvalue weighted by Crippen LogP contribution is 2.38. The van der Waals surface area contributed by atoms with Crippen LogP contribution in [0.4, 0.5) is 0 Å². The Labute approximate surface area is 104 Å². The van der Waals surface area contributed by atoms with Crippen LogP contribution in [0.1, 0.15) is 40.0 Å². The molecule has 0 saturated heterocycles. The molecule has 0 heterocycles. The molecule has 0 saturated carbocycles. The van der Waals surface area contributed by atoms with E-state index in [2.05, 4.69) is 32.1 Å². The van der Waals surface area contributed by atoms with Crippen LogP contribution in [-0.2, 0) is 9.53 Å². The molecule has 2 aliphatic rings. The number of hydrogen-bond acceptors (Lipinski definition) is 2. The van der Waals surface area contributed by atoms with Crippen LogP contribution in [0.15, 0.2) is 23.8 Å². The minimum Gasteiger partial charge on any atom is -0.462 e. The lowest BCUT2D eigenvalue weighted by Gasteiger charge is -2.37. The Bertz CT molecular complexity index is 354. The maximum absolute atomic E-state index is 11.5. The predicted octanol–water partition coefficient (Wildman–Crippen LogP) is 3.49. The van der Waals surface area contributed by atoms with Gasteiger partial charge in [0.25, 0.3) is 0 Å². The van der Waals surface area contributed by atoms with Gasteiger partial charge in [0.2, 0.25) is 0 Å². The summed E-state index contributed by atoms with van der Waals surface area (Å²) in [6.45, 7) is 6.28. The number of ether oxygens (including phenoxy) is 1. The fraction of sp³-hybridized carbons (Fsp3) is 0.667. The van der Waals surface area contributed by atoms with Crippen molar-refractivity contribution >= 4 is 5.97 Å². The second-order valence-electron chi connectivity index (χ2n) is 5.44. The largest absolute Gasteiger partial charge is 0.462 e. The fourth-order valence-corrected chi connectivity index (χ4v) is 2.87. The third kappa shape index (κ3) is 2.80. The van der Waals surface area contributed by atoms with E-state index in [0.717, 1.165) is 12.8 Å². The maximum Gasteiger partial charge on any atom is 0.305 e. The van der Waals surface area contributed by atoms with Gasteiger partial charge in [-0.15, -0.1) is 0 Å². The van der Waals surface area contributed by atoms with Gasteiger partial charge in [0.05, 0.1) is 0 Å². The second kappa shape index (κ2) is 5.07. The van der Waals surface area contributed by atoms with Crippen LogP contribution >= 0.6 is 0 Å². The van der Waals surface area contributed by atoms with Gasteiger partial charge in [-0.3, -0.25) is 4.79 Å².